The first-order chi connectivity index (χ1) is 11.0. The fraction of sp³-hybridized carbons (Fsp3) is 0.455. The molecule has 0 saturated heterocycles. The van der Waals surface area contributed by atoms with Crippen LogP contribution in [0.5, 0.6) is 0 Å². The van der Waals surface area contributed by atoms with Crippen molar-refractivity contribution < 1.29 is 0 Å². The molecule has 122 valence electrons. The average Bonchev–Trinajstić information content (AvgIpc) is 2.95. The van der Waals surface area contributed by atoms with Gasteiger partial charge in [-0.05, 0) is 53.0 Å². The Labute approximate surface area is 141 Å². The Kier molecular flexibility index (Phi) is 4.48. The largest absolute Gasteiger partial charge is 0.378 e. The summed E-state index contributed by atoms with van der Waals surface area (Å²) < 4.78 is 0. The highest BCUT2D eigenvalue weighted by Gasteiger charge is 2.22. The molecule has 1 heteroatoms. The summed E-state index contributed by atoms with van der Waals surface area (Å²) in [7, 11) is 0. The molecule has 1 unspecified atom stereocenters. The fourth-order valence-corrected chi connectivity index (χ4v) is 3.37. The Hall–Kier alpha value is -1.76. The Balaban J connectivity index is 1.74. The number of unbranched alkanes of at least 4 members (excludes halogenated alkanes) is 1. The molecule has 0 fully saturated rings. The number of benzene rings is 2. The monoisotopic (exact) mass is 307 g/mol. The maximum atomic E-state index is 3.69. The second kappa shape index (κ2) is 6.39. The summed E-state index contributed by atoms with van der Waals surface area (Å²) in [4.78, 5) is 0. The summed E-state index contributed by atoms with van der Waals surface area (Å²) in [5.41, 5.74) is 7.29. The van der Waals surface area contributed by atoms with Crippen LogP contribution in [0.2, 0.25) is 0 Å². The summed E-state index contributed by atoms with van der Waals surface area (Å²) in [5, 5.41) is 3.69. The highest BCUT2D eigenvalue weighted by Crippen LogP contribution is 2.35. The minimum absolute atomic E-state index is 0.221. The van der Waals surface area contributed by atoms with Gasteiger partial charge in [0.05, 0.1) is 6.04 Å². The molecular formula is C22H29N. The molecule has 23 heavy (non-hydrogen) atoms. The maximum Gasteiger partial charge on any atom is 0.0555 e. The SMILES string of the molecule is CCCCc1ccc2c(c1)CC(c1ccc(C(C)(C)C)cc1)N2. The van der Waals surface area contributed by atoms with E-state index in [9.17, 15) is 0 Å². The van der Waals surface area contributed by atoms with Crippen molar-refractivity contribution in [3.05, 3.63) is 64.7 Å². The van der Waals surface area contributed by atoms with E-state index in [1.165, 1.54) is 47.2 Å². The van der Waals surface area contributed by atoms with Crippen molar-refractivity contribution in [1.29, 1.82) is 0 Å². The Morgan fingerprint density at radius 2 is 1.78 bits per heavy atom. The number of fused-ring (bicyclic) bond motifs is 1. The highest BCUT2D eigenvalue weighted by molar-refractivity contribution is 5.59. The molecule has 1 heterocycles. The van der Waals surface area contributed by atoms with Gasteiger partial charge in [-0.1, -0.05) is 70.5 Å². The molecule has 1 aliphatic rings. The smallest absolute Gasteiger partial charge is 0.0555 e. The van der Waals surface area contributed by atoms with E-state index in [0.29, 0.717) is 6.04 Å². The predicted octanol–water partition coefficient (Wildman–Crippen LogP) is 6.04. The van der Waals surface area contributed by atoms with Crippen molar-refractivity contribution in [2.24, 2.45) is 0 Å². The Bertz CT molecular complexity index is 661. The molecular weight excluding hydrogens is 278 g/mol. The normalized spacial score (nSPS) is 17.0. The van der Waals surface area contributed by atoms with Crippen LogP contribution in [0.1, 0.15) is 68.8 Å². The van der Waals surface area contributed by atoms with Crippen LogP contribution in [-0.4, -0.2) is 0 Å². The first kappa shape index (κ1) is 16.1. The van der Waals surface area contributed by atoms with Gasteiger partial charge in [0, 0.05) is 5.69 Å². The molecule has 1 nitrogen and oxygen atoms in total. The van der Waals surface area contributed by atoms with E-state index in [4.69, 9.17) is 0 Å². The molecule has 0 spiro atoms. The fourth-order valence-electron chi connectivity index (χ4n) is 3.37. The highest BCUT2D eigenvalue weighted by atomic mass is 14.9. The van der Waals surface area contributed by atoms with Crippen LogP contribution in [0, 0.1) is 0 Å². The number of aryl methyl sites for hydroxylation is 1. The molecule has 0 bridgehead atoms. The van der Waals surface area contributed by atoms with Crippen LogP contribution < -0.4 is 5.32 Å². The zero-order valence-corrected chi connectivity index (χ0v) is 14.9. The topological polar surface area (TPSA) is 12.0 Å². The lowest BCUT2D eigenvalue weighted by Crippen LogP contribution is -2.12. The van der Waals surface area contributed by atoms with Crippen LogP contribution in [-0.2, 0) is 18.3 Å². The van der Waals surface area contributed by atoms with E-state index in [1.807, 2.05) is 0 Å². The second-order valence-electron chi connectivity index (χ2n) is 7.87. The van der Waals surface area contributed by atoms with Crippen molar-refractivity contribution in [2.45, 2.75) is 64.8 Å². The molecule has 1 atom stereocenters. The molecule has 0 aliphatic carbocycles. The Morgan fingerprint density at radius 1 is 1.04 bits per heavy atom. The summed E-state index contributed by atoms with van der Waals surface area (Å²) in [6.07, 6.45) is 4.85. The number of anilines is 1. The molecule has 1 N–H and O–H groups in total. The van der Waals surface area contributed by atoms with Crippen LogP contribution >= 0.6 is 0 Å². The molecule has 0 radical (unpaired) electrons. The van der Waals surface area contributed by atoms with Gasteiger partial charge in [0.1, 0.15) is 0 Å². The van der Waals surface area contributed by atoms with Gasteiger partial charge in [-0.25, -0.2) is 0 Å². The van der Waals surface area contributed by atoms with Crippen molar-refractivity contribution in [3.63, 3.8) is 0 Å². The maximum absolute atomic E-state index is 3.69. The zero-order chi connectivity index (χ0) is 16.4. The van der Waals surface area contributed by atoms with E-state index >= 15 is 0 Å². The lowest BCUT2D eigenvalue weighted by Gasteiger charge is -2.20. The molecule has 0 aromatic heterocycles. The van der Waals surface area contributed by atoms with Gasteiger partial charge in [-0.15, -0.1) is 0 Å². The van der Waals surface area contributed by atoms with Crippen LogP contribution in [0.25, 0.3) is 0 Å². The van der Waals surface area contributed by atoms with Crippen LogP contribution in [0.4, 0.5) is 5.69 Å². The number of hydrogen-bond donors (Lipinski definition) is 1. The van der Waals surface area contributed by atoms with Gasteiger partial charge in [-0.2, -0.15) is 0 Å². The molecule has 2 aromatic carbocycles. The minimum atomic E-state index is 0.221. The standard InChI is InChI=1S/C22H29N/c1-5-6-7-16-8-13-20-18(14-16)15-21(23-20)17-9-11-19(12-10-17)22(2,3)4/h8-14,21,23H,5-7,15H2,1-4H3. The van der Waals surface area contributed by atoms with E-state index < -0.39 is 0 Å². The van der Waals surface area contributed by atoms with E-state index in [-0.39, 0.29) is 5.41 Å². The first-order valence-corrected chi connectivity index (χ1v) is 8.96. The first-order valence-electron chi connectivity index (χ1n) is 8.96. The van der Waals surface area contributed by atoms with E-state index in [2.05, 4.69) is 75.5 Å². The van der Waals surface area contributed by atoms with E-state index in [0.717, 1.165) is 6.42 Å². The third-order valence-corrected chi connectivity index (χ3v) is 4.92. The Morgan fingerprint density at radius 3 is 2.43 bits per heavy atom. The predicted molar refractivity (Wildman–Crippen MR) is 100 cm³/mol. The van der Waals surface area contributed by atoms with Crippen LogP contribution in [0.3, 0.4) is 0 Å². The van der Waals surface area contributed by atoms with E-state index in [1.54, 1.807) is 0 Å². The number of hydrogen-bond acceptors (Lipinski definition) is 1. The summed E-state index contributed by atoms with van der Waals surface area (Å²) >= 11 is 0. The second-order valence-corrected chi connectivity index (χ2v) is 7.87. The summed E-state index contributed by atoms with van der Waals surface area (Å²) in [5.74, 6) is 0. The van der Waals surface area contributed by atoms with Crippen molar-refractivity contribution in [2.75, 3.05) is 5.32 Å². The minimum Gasteiger partial charge on any atom is -0.378 e. The van der Waals surface area contributed by atoms with Gasteiger partial charge < -0.3 is 5.32 Å². The lowest BCUT2D eigenvalue weighted by atomic mass is 9.86. The third-order valence-electron chi connectivity index (χ3n) is 4.92. The number of rotatable bonds is 4. The van der Waals surface area contributed by atoms with Gasteiger partial charge in [-0.3, -0.25) is 0 Å². The molecule has 3 rings (SSSR count). The van der Waals surface area contributed by atoms with Gasteiger partial charge in [0.25, 0.3) is 0 Å². The summed E-state index contributed by atoms with van der Waals surface area (Å²) in [6, 6.07) is 16.5. The summed E-state index contributed by atoms with van der Waals surface area (Å²) in [6.45, 7) is 9.06. The van der Waals surface area contributed by atoms with Gasteiger partial charge >= 0.3 is 0 Å². The van der Waals surface area contributed by atoms with Gasteiger partial charge in [0.15, 0.2) is 0 Å². The van der Waals surface area contributed by atoms with Crippen LogP contribution in [0.15, 0.2) is 42.5 Å². The average molecular weight is 307 g/mol. The zero-order valence-electron chi connectivity index (χ0n) is 14.9. The molecule has 2 aromatic rings. The number of nitrogens with one attached hydrogen (secondary N) is 1. The quantitative estimate of drug-likeness (QED) is 0.726. The molecule has 0 saturated carbocycles. The van der Waals surface area contributed by atoms with Gasteiger partial charge in [0.2, 0.25) is 0 Å². The van der Waals surface area contributed by atoms with Crippen molar-refractivity contribution in [1.82, 2.24) is 0 Å². The third kappa shape index (κ3) is 3.60. The van der Waals surface area contributed by atoms with Crippen molar-refractivity contribution in [3.8, 4) is 0 Å². The molecule has 0 amide bonds. The molecule has 1 aliphatic heterocycles. The van der Waals surface area contributed by atoms with Crippen molar-refractivity contribution >= 4 is 5.69 Å². The lowest BCUT2D eigenvalue weighted by molar-refractivity contribution is 0.589.